The molecule has 106 valence electrons. The van der Waals surface area contributed by atoms with Gasteiger partial charge in [0.25, 0.3) is 0 Å². The summed E-state index contributed by atoms with van der Waals surface area (Å²) in [5, 5.41) is 0. The molecule has 5 heteroatoms. The summed E-state index contributed by atoms with van der Waals surface area (Å²) in [7, 11) is 2.25. The van der Waals surface area contributed by atoms with Crippen molar-refractivity contribution in [2.75, 3.05) is 14.2 Å². The number of esters is 2. The number of carbonyl (C=O) groups is 3. The molecule has 0 N–H and O–H groups in total. The van der Waals surface area contributed by atoms with Crippen LogP contribution in [0, 0.1) is 13.8 Å². The lowest BCUT2D eigenvalue weighted by Crippen LogP contribution is -2.17. The highest BCUT2D eigenvalue weighted by atomic mass is 16.5. The van der Waals surface area contributed by atoms with Crippen molar-refractivity contribution >= 4 is 17.7 Å². The summed E-state index contributed by atoms with van der Waals surface area (Å²) in [5.41, 5.74) is 1.77. The number of hydrogen-bond donors (Lipinski definition) is 0. The van der Waals surface area contributed by atoms with Gasteiger partial charge >= 0.3 is 11.9 Å². The van der Waals surface area contributed by atoms with Crippen molar-refractivity contribution in [3.63, 3.8) is 0 Å². The van der Waals surface area contributed by atoms with Gasteiger partial charge in [0, 0.05) is 11.6 Å². The molecule has 1 aromatic carbocycles. The minimum Gasteiger partial charge on any atom is -0.465 e. The third-order valence-corrected chi connectivity index (χ3v) is 2.73. The van der Waals surface area contributed by atoms with E-state index in [9.17, 15) is 14.4 Å². The van der Waals surface area contributed by atoms with Crippen LogP contribution >= 0.6 is 0 Å². The smallest absolute Gasteiger partial charge is 0.345 e. The quantitative estimate of drug-likeness (QED) is 0.275. The molecule has 0 saturated heterocycles. The number of ether oxygens (including phenoxy) is 2. The summed E-state index contributed by atoms with van der Waals surface area (Å²) in [6, 6.07) is 5.27. The van der Waals surface area contributed by atoms with Gasteiger partial charge in [-0.05, 0) is 19.4 Å². The molecule has 0 fully saturated rings. The van der Waals surface area contributed by atoms with E-state index < -0.39 is 23.3 Å². The number of ketones is 1. The van der Waals surface area contributed by atoms with E-state index >= 15 is 0 Å². The average Bonchev–Trinajstić information content (AvgIpc) is 2.42. The molecule has 0 aliphatic heterocycles. The zero-order chi connectivity index (χ0) is 15.3. The van der Waals surface area contributed by atoms with Crippen LogP contribution in [0.5, 0.6) is 0 Å². The Morgan fingerprint density at radius 1 is 1.00 bits per heavy atom. The van der Waals surface area contributed by atoms with Gasteiger partial charge in [-0.15, -0.1) is 0 Å². The van der Waals surface area contributed by atoms with Crippen LogP contribution in [-0.4, -0.2) is 31.9 Å². The van der Waals surface area contributed by atoms with Gasteiger partial charge in [-0.3, -0.25) is 4.79 Å². The zero-order valence-corrected chi connectivity index (χ0v) is 11.9. The van der Waals surface area contributed by atoms with E-state index in [0.717, 1.165) is 31.4 Å². The molecule has 0 spiro atoms. The van der Waals surface area contributed by atoms with Gasteiger partial charge in [-0.1, -0.05) is 23.8 Å². The Morgan fingerprint density at radius 2 is 1.55 bits per heavy atom. The number of benzene rings is 1. The van der Waals surface area contributed by atoms with Gasteiger partial charge < -0.3 is 9.47 Å². The monoisotopic (exact) mass is 276 g/mol. The first-order valence-electron chi connectivity index (χ1n) is 5.90. The summed E-state index contributed by atoms with van der Waals surface area (Å²) >= 11 is 0. The first-order valence-corrected chi connectivity index (χ1v) is 5.90. The maximum Gasteiger partial charge on any atom is 0.345 e. The molecule has 0 radical (unpaired) electrons. The minimum atomic E-state index is -0.907. The fourth-order valence-electron chi connectivity index (χ4n) is 1.72. The Balaban J connectivity index is 3.20. The first kappa shape index (κ1) is 15.6. The fourth-order valence-corrected chi connectivity index (χ4v) is 1.72. The summed E-state index contributed by atoms with van der Waals surface area (Å²) in [5.74, 6) is -2.27. The molecule has 0 aliphatic carbocycles. The lowest BCUT2D eigenvalue weighted by Gasteiger charge is -2.05. The SMILES string of the molecule is COC(=O)C(=CC(=O)c1ccc(C)cc1C)C(=O)OC. The molecule has 0 heterocycles. The van der Waals surface area contributed by atoms with Crippen LogP contribution < -0.4 is 0 Å². The van der Waals surface area contributed by atoms with Crippen molar-refractivity contribution in [2.24, 2.45) is 0 Å². The molecule has 1 rings (SSSR count). The summed E-state index contributed by atoms with van der Waals surface area (Å²) in [6.45, 7) is 3.69. The molecule has 0 amide bonds. The summed E-state index contributed by atoms with van der Waals surface area (Å²) in [4.78, 5) is 35.1. The van der Waals surface area contributed by atoms with Crippen molar-refractivity contribution < 1.29 is 23.9 Å². The summed E-state index contributed by atoms with van der Waals surface area (Å²) < 4.78 is 8.92. The number of allylic oxidation sites excluding steroid dienone is 1. The predicted molar refractivity (Wildman–Crippen MR) is 72.4 cm³/mol. The number of carbonyl (C=O) groups excluding carboxylic acids is 3. The van der Waals surface area contributed by atoms with Gasteiger partial charge in [0.15, 0.2) is 5.78 Å². The van der Waals surface area contributed by atoms with Crippen molar-refractivity contribution in [1.29, 1.82) is 0 Å². The maximum atomic E-state index is 12.1. The Kier molecular flexibility index (Phi) is 5.20. The van der Waals surface area contributed by atoms with E-state index in [-0.39, 0.29) is 0 Å². The van der Waals surface area contributed by atoms with Crippen LogP contribution in [0.25, 0.3) is 0 Å². The molecule has 20 heavy (non-hydrogen) atoms. The maximum absolute atomic E-state index is 12.1. The molecular formula is C15H16O5. The lowest BCUT2D eigenvalue weighted by atomic mass is 10.0. The number of hydrogen-bond acceptors (Lipinski definition) is 5. The highest BCUT2D eigenvalue weighted by Gasteiger charge is 2.22. The Bertz CT molecular complexity index is 566. The highest BCUT2D eigenvalue weighted by Crippen LogP contribution is 2.13. The van der Waals surface area contributed by atoms with Crippen molar-refractivity contribution in [3.8, 4) is 0 Å². The normalized spacial score (nSPS) is 9.60. The van der Waals surface area contributed by atoms with Crippen LogP contribution in [0.4, 0.5) is 0 Å². The predicted octanol–water partition coefficient (Wildman–Crippen LogP) is 1.76. The molecule has 0 saturated carbocycles. The van der Waals surface area contributed by atoms with E-state index in [2.05, 4.69) is 9.47 Å². The molecular weight excluding hydrogens is 260 g/mol. The van der Waals surface area contributed by atoms with E-state index in [4.69, 9.17) is 0 Å². The van der Waals surface area contributed by atoms with Crippen LogP contribution in [0.2, 0.25) is 0 Å². The largest absolute Gasteiger partial charge is 0.465 e. The second-order valence-electron chi connectivity index (χ2n) is 4.22. The average molecular weight is 276 g/mol. The second kappa shape index (κ2) is 6.65. The van der Waals surface area contributed by atoms with E-state index in [0.29, 0.717) is 5.56 Å². The third kappa shape index (κ3) is 3.54. The number of rotatable bonds is 4. The van der Waals surface area contributed by atoms with Crippen LogP contribution in [-0.2, 0) is 19.1 Å². The fraction of sp³-hybridized carbons (Fsp3) is 0.267. The minimum absolute atomic E-state index is 0.418. The van der Waals surface area contributed by atoms with Gasteiger partial charge in [0.05, 0.1) is 14.2 Å². The first-order chi connectivity index (χ1) is 9.40. The number of methoxy groups -OCH3 is 2. The molecule has 1 aromatic rings. The van der Waals surface area contributed by atoms with Gasteiger partial charge in [0.2, 0.25) is 0 Å². The van der Waals surface area contributed by atoms with Crippen LogP contribution in [0.1, 0.15) is 21.5 Å². The van der Waals surface area contributed by atoms with Crippen molar-refractivity contribution in [3.05, 3.63) is 46.5 Å². The third-order valence-electron chi connectivity index (χ3n) is 2.73. The van der Waals surface area contributed by atoms with E-state index in [1.165, 1.54) is 0 Å². The molecule has 0 bridgehead atoms. The second-order valence-corrected chi connectivity index (χ2v) is 4.22. The van der Waals surface area contributed by atoms with Gasteiger partial charge in [-0.25, -0.2) is 9.59 Å². The summed E-state index contributed by atoms with van der Waals surface area (Å²) in [6.07, 6.45) is 0.940. The Labute approximate surface area is 117 Å². The van der Waals surface area contributed by atoms with Gasteiger partial charge in [-0.2, -0.15) is 0 Å². The van der Waals surface area contributed by atoms with Crippen LogP contribution in [0.15, 0.2) is 29.8 Å². The Morgan fingerprint density at radius 3 is 2.00 bits per heavy atom. The van der Waals surface area contributed by atoms with E-state index in [1.807, 2.05) is 13.0 Å². The molecule has 0 unspecified atom stereocenters. The number of aryl methyl sites for hydroxylation is 2. The molecule has 5 nitrogen and oxygen atoms in total. The van der Waals surface area contributed by atoms with Crippen molar-refractivity contribution in [2.45, 2.75) is 13.8 Å². The Hall–Kier alpha value is -2.43. The molecule has 0 aromatic heterocycles. The van der Waals surface area contributed by atoms with E-state index in [1.54, 1.807) is 19.1 Å². The standard InChI is InChI=1S/C15H16O5/c1-9-5-6-11(10(2)7-9)13(16)8-12(14(17)19-3)15(18)20-4/h5-8H,1-4H3. The highest BCUT2D eigenvalue weighted by molar-refractivity contribution is 6.20. The molecule has 0 atom stereocenters. The van der Waals surface area contributed by atoms with Crippen LogP contribution in [0.3, 0.4) is 0 Å². The van der Waals surface area contributed by atoms with Gasteiger partial charge in [0.1, 0.15) is 5.57 Å². The van der Waals surface area contributed by atoms with Crippen molar-refractivity contribution in [1.82, 2.24) is 0 Å². The topological polar surface area (TPSA) is 69.7 Å². The molecule has 0 aliphatic rings. The lowest BCUT2D eigenvalue weighted by molar-refractivity contribution is -0.144. The zero-order valence-electron chi connectivity index (χ0n) is 11.9.